The number of rotatable bonds is 8. The van der Waals surface area contributed by atoms with E-state index in [-0.39, 0.29) is 22.9 Å². The summed E-state index contributed by atoms with van der Waals surface area (Å²) >= 11 is 1.21. The molecule has 0 fully saturated rings. The highest BCUT2D eigenvalue weighted by molar-refractivity contribution is 7.07. The third-order valence-electron chi connectivity index (χ3n) is 7.78. The van der Waals surface area contributed by atoms with Crippen molar-refractivity contribution in [2.75, 3.05) is 12.4 Å². The van der Waals surface area contributed by atoms with Crippen LogP contribution in [0.4, 0.5) is 11.4 Å². The Hall–Kier alpha value is -5.55. The Bertz CT molecular complexity index is 2180. The predicted molar refractivity (Wildman–Crippen MR) is 177 cm³/mol. The number of para-hydroxylation sites is 1. The maximum atomic E-state index is 14.1. The van der Waals surface area contributed by atoms with E-state index in [0.29, 0.717) is 49.3 Å². The van der Waals surface area contributed by atoms with E-state index >= 15 is 0 Å². The van der Waals surface area contributed by atoms with Crippen LogP contribution in [0.5, 0.6) is 5.75 Å². The number of nitro benzene ring substituents is 1. The summed E-state index contributed by atoms with van der Waals surface area (Å²) in [5.41, 5.74) is 3.58. The van der Waals surface area contributed by atoms with Crippen LogP contribution in [0.25, 0.3) is 17.4 Å². The molecule has 232 valence electrons. The van der Waals surface area contributed by atoms with E-state index in [9.17, 15) is 19.7 Å². The van der Waals surface area contributed by atoms with Gasteiger partial charge in [0.05, 0.1) is 45.5 Å². The molecule has 1 atom stereocenters. The lowest BCUT2D eigenvalue weighted by Crippen LogP contribution is -2.40. The average molecular weight is 635 g/mol. The van der Waals surface area contributed by atoms with E-state index < -0.39 is 11.0 Å². The van der Waals surface area contributed by atoms with Crippen LogP contribution in [0.2, 0.25) is 0 Å². The summed E-state index contributed by atoms with van der Waals surface area (Å²) in [5.74, 6) is 1.08. The van der Waals surface area contributed by atoms with Crippen LogP contribution in [-0.2, 0) is 4.79 Å². The number of nitro groups is 1. The summed E-state index contributed by atoms with van der Waals surface area (Å²) in [5, 5.41) is 14.2. The molecule has 11 heteroatoms. The highest BCUT2D eigenvalue weighted by atomic mass is 32.1. The molecule has 0 aliphatic carbocycles. The number of carbonyl (C=O) groups excluding carboxylic acids is 1. The fourth-order valence-electron chi connectivity index (χ4n) is 5.41. The molecule has 3 heterocycles. The fourth-order valence-corrected chi connectivity index (χ4v) is 6.44. The van der Waals surface area contributed by atoms with Crippen LogP contribution in [0.15, 0.2) is 110 Å². The molecule has 46 heavy (non-hydrogen) atoms. The van der Waals surface area contributed by atoms with Gasteiger partial charge in [0, 0.05) is 17.8 Å². The number of hydrogen-bond acceptors (Lipinski definition) is 8. The van der Waals surface area contributed by atoms with Crippen molar-refractivity contribution in [3.63, 3.8) is 0 Å². The number of furan rings is 1. The molecule has 0 radical (unpaired) electrons. The Kier molecular flexibility index (Phi) is 8.25. The normalized spacial score (nSPS) is 14.6. The molecule has 10 nitrogen and oxygen atoms in total. The first-order valence-corrected chi connectivity index (χ1v) is 15.4. The molecule has 5 aromatic rings. The van der Waals surface area contributed by atoms with E-state index in [1.807, 2.05) is 42.5 Å². The Morgan fingerprint density at radius 2 is 1.83 bits per heavy atom. The van der Waals surface area contributed by atoms with Gasteiger partial charge in [-0.05, 0) is 54.3 Å². The summed E-state index contributed by atoms with van der Waals surface area (Å²) < 4.78 is 13.4. The molecule has 2 aromatic heterocycles. The number of aromatic nitrogens is 1. The van der Waals surface area contributed by atoms with Gasteiger partial charge in [-0.3, -0.25) is 24.3 Å². The number of nitrogens with zero attached hydrogens (tertiary/aromatic N) is 3. The van der Waals surface area contributed by atoms with Crippen molar-refractivity contribution in [1.82, 2.24) is 4.57 Å². The maximum absolute atomic E-state index is 14.1. The van der Waals surface area contributed by atoms with Gasteiger partial charge in [-0.1, -0.05) is 67.6 Å². The number of amides is 1. The number of hydrogen-bond donors (Lipinski definition) is 1. The summed E-state index contributed by atoms with van der Waals surface area (Å²) in [6.45, 7) is 6.00. The molecule has 0 spiro atoms. The Morgan fingerprint density at radius 1 is 1.09 bits per heavy atom. The second-order valence-electron chi connectivity index (χ2n) is 11.1. The van der Waals surface area contributed by atoms with Crippen molar-refractivity contribution in [2.45, 2.75) is 32.7 Å². The number of thiazole rings is 1. The molecule has 1 aliphatic rings. The first kappa shape index (κ1) is 30.5. The third kappa shape index (κ3) is 5.80. The monoisotopic (exact) mass is 634 g/mol. The number of non-ortho nitro benzene ring substituents is 1. The molecular formula is C35H30N4O6S. The van der Waals surface area contributed by atoms with Gasteiger partial charge in [-0.2, -0.15) is 0 Å². The smallest absolute Gasteiger partial charge is 0.273 e. The number of benzene rings is 3. The minimum Gasteiger partial charge on any atom is -0.496 e. The fraction of sp³-hybridized carbons (Fsp3) is 0.171. The van der Waals surface area contributed by atoms with Crippen molar-refractivity contribution in [3.8, 4) is 17.1 Å². The summed E-state index contributed by atoms with van der Waals surface area (Å²) in [4.78, 5) is 43.8. The number of methoxy groups -OCH3 is 1. The van der Waals surface area contributed by atoms with Gasteiger partial charge in [-0.25, -0.2) is 4.99 Å². The number of fused-ring (bicyclic) bond motifs is 1. The number of allylic oxidation sites excluding steroid dienone is 1. The SMILES string of the molecule is COc1cc([N+](=O)[O-])ccc1-c1ccc(/C=c2\sc3n(c2=O)[C@H](c2ccc(C(C)C)cc2)C(C(=O)Nc2ccccc2)=C(C)N=3)o1. The minimum absolute atomic E-state index is 0.103. The lowest BCUT2D eigenvalue weighted by molar-refractivity contribution is -0.384. The molecule has 0 saturated heterocycles. The first-order valence-electron chi connectivity index (χ1n) is 14.6. The van der Waals surface area contributed by atoms with Crippen molar-refractivity contribution in [3.05, 3.63) is 143 Å². The van der Waals surface area contributed by atoms with Crippen LogP contribution in [-0.4, -0.2) is 22.5 Å². The van der Waals surface area contributed by atoms with E-state index in [2.05, 4.69) is 19.2 Å². The zero-order chi connectivity index (χ0) is 32.5. The Balaban J connectivity index is 1.43. The molecule has 1 amide bonds. The van der Waals surface area contributed by atoms with E-state index in [1.54, 1.807) is 47.9 Å². The molecule has 3 aromatic carbocycles. The zero-order valence-corrected chi connectivity index (χ0v) is 26.3. The summed E-state index contributed by atoms with van der Waals surface area (Å²) in [6, 6.07) is 24.1. The van der Waals surface area contributed by atoms with Crippen molar-refractivity contribution >= 4 is 34.7 Å². The highest BCUT2D eigenvalue weighted by Gasteiger charge is 2.32. The number of anilines is 1. The summed E-state index contributed by atoms with van der Waals surface area (Å²) in [7, 11) is 1.43. The first-order chi connectivity index (χ1) is 22.1. The molecule has 6 rings (SSSR count). The summed E-state index contributed by atoms with van der Waals surface area (Å²) in [6.07, 6.45) is 1.63. The van der Waals surface area contributed by atoms with Crippen molar-refractivity contribution < 1.29 is 18.9 Å². The molecule has 0 bridgehead atoms. The number of nitrogens with one attached hydrogen (secondary N) is 1. The molecule has 0 saturated carbocycles. The van der Waals surface area contributed by atoms with Gasteiger partial charge >= 0.3 is 0 Å². The number of carbonyl (C=O) groups is 1. The standard InChI is InChI=1S/C35H30N4O6S/c1-20(2)22-10-12-23(13-11-22)32-31(33(40)37-24-8-6-5-7-9-24)21(3)36-35-38(32)34(41)30(46-35)19-26-15-17-28(45-26)27-16-14-25(39(42)43)18-29(27)44-4/h5-20,32H,1-4H3,(H,37,40)/b30-19-/t32-/m1/s1. The molecule has 0 unspecified atom stereocenters. The van der Waals surface area contributed by atoms with Crippen LogP contribution in [0.3, 0.4) is 0 Å². The lowest BCUT2D eigenvalue weighted by atomic mass is 9.93. The van der Waals surface area contributed by atoms with E-state index in [0.717, 1.165) is 11.1 Å². The Labute approximate surface area is 267 Å². The van der Waals surface area contributed by atoms with Gasteiger partial charge in [0.2, 0.25) is 0 Å². The number of ether oxygens (including phenoxy) is 1. The zero-order valence-electron chi connectivity index (χ0n) is 25.5. The van der Waals surface area contributed by atoms with Crippen molar-refractivity contribution in [1.29, 1.82) is 0 Å². The second-order valence-corrected chi connectivity index (χ2v) is 12.1. The van der Waals surface area contributed by atoms with Gasteiger partial charge in [0.1, 0.15) is 17.3 Å². The topological polar surface area (TPSA) is 129 Å². The third-order valence-corrected chi connectivity index (χ3v) is 8.76. The Morgan fingerprint density at radius 3 is 2.50 bits per heavy atom. The van der Waals surface area contributed by atoms with E-state index in [4.69, 9.17) is 14.1 Å². The van der Waals surface area contributed by atoms with Gasteiger partial charge in [0.15, 0.2) is 4.80 Å². The van der Waals surface area contributed by atoms with E-state index in [1.165, 1.54) is 30.6 Å². The second kappa shape index (κ2) is 12.4. The van der Waals surface area contributed by atoms with Gasteiger partial charge in [0.25, 0.3) is 17.2 Å². The van der Waals surface area contributed by atoms with Crippen LogP contribution >= 0.6 is 11.3 Å². The molecular weight excluding hydrogens is 604 g/mol. The van der Waals surface area contributed by atoms with Crippen molar-refractivity contribution in [2.24, 2.45) is 4.99 Å². The minimum atomic E-state index is -0.708. The quantitative estimate of drug-likeness (QED) is 0.161. The lowest BCUT2D eigenvalue weighted by Gasteiger charge is -2.25. The van der Waals surface area contributed by atoms with Crippen LogP contribution in [0, 0.1) is 10.1 Å². The van der Waals surface area contributed by atoms with Crippen LogP contribution in [0.1, 0.15) is 49.6 Å². The van der Waals surface area contributed by atoms with Gasteiger partial charge in [-0.15, -0.1) is 0 Å². The maximum Gasteiger partial charge on any atom is 0.273 e. The van der Waals surface area contributed by atoms with Gasteiger partial charge < -0.3 is 14.5 Å². The average Bonchev–Trinajstić information content (AvgIpc) is 3.64. The largest absolute Gasteiger partial charge is 0.496 e. The predicted octanol–water partition coefficient (Wildman–Crippen LogP) is 6.17. The molecule has 1 aliphatic heterocycles. The molecule has 1 N–H and O–H groups in total. The van der Waals surface area contributed by atoms with Crippen LogP contribution < -0.4 is 24.9 Å². The highest BCUT2D eigenvalue weighted by Crippen LogP contribution is 2.35.